The number of aromatic amines is 1. The molecule has 0 aromatic carbocycles. The van der Waals surface area contributed by atoms with E-state index in [0.29, 0.717) is 28.6 Å². The molecular weight excluding hydrogens is 409 g/mol. The van der Waals surface area contributed by atoms with Crippen LogP contribution in [0.4, 0.5) is 10.2 Å². The standard InChI is InChI=1S/C20H23ClFN7O/c1-12(20(30)23-4-7-29-5-2-3-6-29)27-19-16(22)11-26-18(28-19)15-10-25-17-14(15)8-13(21)9-24-17/h8-12H,2-7H2,1H3,(H,23,30)(H,24,25)(H,26,27,28)/t12-/m0/s1. The predicted molar refractivity (Wildman–Crippen MR) is 114 cm³/mol. The fraction of sp³-hybridized carbons (Fsp3) is 0.400. The molecule has 3 aromatic rings. The van der Waals surface area contributed by atoms with E-state index < -0.39 is 11.9 Å². The van der Waals surface area contributed by atoms with Gasteiger partial charge in [0.1, 0.15) is 11.7 Å². The maximum Gasteiger partial charge on any atom is 0.242 e. The molecule has 1 atom stereocenters. The topological polar surface area (TPSA) is 98.8 Å². The van der Waals surface area contributed by atoms with Crippen molar-refractivity contribution >= 4 is 34.4 Å². The Bertz CT molecular complexity index is 1050. The van der Waals surface area contributed by atoms with Crippen molar-refractivity contribution in [3.63, 3.8) is 0 Å². The van der Waals surface area contributed by atoms with Crippen LogP contribution in [-0.2, 0) is 4.79 Å². The Morgan fingerprint density at radius 2 is 2.13 bits per heavy atom. The van der Waals surface area contributed by atoms with Gasteiger partial charge in [-0.3, -0.25) is 4.79 Å². The zero-order valence-electron chi connectivity index (χ0n) is 16.6. The molecule has 1 fully saturated rings. The number of anilines is 1. The maximum atomic E-state index is 14.3. The van der Waals surface area contributed by atoms with E-state index >= 15 is 0 Å². The number of hydrogen-bond donors (Lipinski definition) is 3. The van der Waals surface area contributed by atoms with E-state index in [1.165, 1.54) is 19.0 Å². The average Bonchev–Trinajstić information content (AvgIpc) is 3.39. The van der Waals surface area contributed by atoms with Gasteiger partial charge in [-0.15, -0.1) is 0 Å². The van der Waals surface area contributed by atoms with Gasteiger partial charge in [0.15, 0.2) is 17.5 Å². The van der Waals surface area contributed by atoms with Gasteiger partial charge in [-0.1, -0.05) is 11.6 Å². The number of likely N-dealkylation sites (tertiary alicyclic amines) is 1. The van der Waals surface area contributed by atoms with Crippen LogP contribution in [0.15, 0.2) is 24.7 Å². The molecule has 0 aliphatic carbocycles. The van der Waals surface area contributed by atoms with E-state index in [9.17, 15) is 9.18 Å². The molecule has 3 aromatic heterocycles. The summed E-state index contributed by atoms with van der Waals surface area (Å²) < 4.78 is 14.3. The molecule has 4 rings (SSSR count). The van der Waals surface area contributed by atoms with Gasteiger partial charge in [-0.2, -0.15) is 0 Å². The van der Waals surface area contributed by atoms with Gasteiger partial charge < -0.3 is 20.5 Å². The summed E-state index contributed by atoms with van der Waals surface area (Å²) in [5.41, 5.74) is 1.27. The van der Waals surface area contributed by atoms with Gasteiger partial charge in [0.25, 0.3) is 0 Å². The highest BCUT2D eigenvalue weighted by Crippen LogP contribution is 2.28. The van der Waals surface area contributed by atoms with Crippen LogP contribution < -0.4 is 10.6 Å². The summed E-state index contributed by atoms with van der Waals surface area (Å²) in [5.74, 6) is -0.578. The van der Waals surface area contributed by atoms with E-state index in [0.717, 1.165) is 31.2 Å². The minimum Gasteiger partial charge on any atom is -0.356 e. The zero-order valence-corrected chi connectivity index (χ0v) is 17.3. The van der Waals surface area contributed by atoms with E-state index in [-0.39, 0.29) is 11.7 Å². The smallest absolute Gasteiger partial charge is 0.242 e. The summed E-state index contributed by atoms with van der Waals surface area (Å²) in [5, 5.41) is 6.94. The third kappa shape index (κ3) is 4.52. The number of fused-ring (bicyclic) bond motifs is 1. The van der Waals surface area contributed by atoms with Gasteiger partial charge in [0, 0.05) is 36.4 Å². The summed E-state index contributed by atoms with van der Waals surface area (Å²) in [4.78, 5) is 30.3. The van der Waals surface area contributed by atoms with Crippen molar-refractivity contribution in [1.29, 1.82) is 0 Å². The molecule has 1 amide bonds. The minimum atomic E-state index is -0.653. The number of rotatable bonds is 7. The van der Waals surface area contributed by atoms with Crippen molar-refractivity contribution in [2.75, 3.05) is 31.5 Å². The van der Waals surface area contributed by atoms with E-state index in [1.54, 1.807) is 19.2 Å². The Balaban J connectivity index is 1.45. The Labute approximate surface area is 178 Å². The summed E-state index contributed by atoms with van der Waals surface area (Å²) in [6.07, 6.45) is 6.73. The van der Waals surface area contributed by atoms with Crippen LogP contribution in [0.25, 0.3) is 22.4 Å². The molecule has 3 N–H and O–H groups in total. The molecule has 0 bridgehead atoms. The van der Waals surface area contributed by atoms with Crippen LogP contribution in [0, 0.1) is 5.82 Å². The average molecular weight is 432 g/mol. The lowest BCUT2D eigenvalue weighted by Crippen LogP contribution is -2.41. The van der Waals surface area contributed by atoms with Crippen molar-refractivity contribution in [1.82, 2.24) is 30.2 Å². The van der Waals surface area contributed by atoms with E-state index in [1.807, 2.05) is 0 Å². The number of aromatic nitrogens is 4. The first-order valence-corrected chi connectivity index (χ1v) is 10.3. The third-order valence-electron chi connectivity index (χ3n) is 5.16. The normalized spacial score (nSPS) is 15.4. The lowest BCUT2D eigenvalue weighted by atomic mass is 10.2. The number of hydrogen-bond acceptors (Lipinski definition) is 6. The number of halogens is 2. The first-order valence-electron chi connectivity index (χ1n) is 9.93. The number of pyridine rings is 1. The van der Waals surface area contributed by atoms with Gasteiger partial charge in [-0.25, -0.2) is 19.3 Å². The van der Waals surface area contributed by atoms with Crippen molar-refractivity contribution in [2.24, 2.45) is 0 Å². The first-order chi connectivity index (χ1) is 14.5. The first kappa shape index (κ1) is 20.5. The second kappa shape index (κ2) is 8.93. The molecular formula is C20H23ClFN7O. The van der Waals surface area contributed by atoms with Gasteiger partial charge in [-0.05, 0) is 38.9 Å². The molecule has 4 heterocycles. The highest BCUT2D eigenvalue weighted by atomic mass is 35.5. The zero-order chi connectivity index (χ0) is 21.1. The number of amides is 1. The SMILES string of the molecule is C[C@H](Nc1nc(-c2c[nH]c3ncc(Cl)cc23)ncc1F)C(=O)NCCN1CCCC1. The van der Waals surface area contributed by atoms with Crippen LogP contribution in [0.5, 0.6) is 0 Å². The quantitative estimate of drug-likeness (QED) is 0.532. The van der Waals surface area contributed by atoms with Crippen LogP contribution >= 0.6 is 11.6 Å². The number of carbonyl (C=O) groups excluding carboxylic acids is 1. The second-order valence-corrected chi connectivity index (χ2v) is 7.78. The fourth-order valence-electron chi connectivity index (χ4n) is 3.53. The number of carbonyl (C=O) groups is 1. The summed E-state index contributed by atoms with van der Waals surface area (Å²) in [6, 6.07) is 1.09. The molecule has 0 unspecified atom stereocenters. The lowest BCUT2D eigenvalue weighted by molar-refractivity contribution is -0.121. The summed E-state index contributed by atoms with van der Waals surface area (Å²) in [6.45, 7) is 5.20. The minimum absolute atomic E-state index is 0.0356. The largest absolute Gasteiger partial charge is 0.356 e. The lowest BCUT2D eigenvalue weighted by Gasteiger charge is -2.18. The number of H-pyrrole nitrogens is 1. The maximum absolute atomic E-state index is 14.3. The van der Waals surface area contributed by atoms with Crippen LogP contribution in [0.2, 0.25) is 5.02 Å². The van der Waals surface area contributed by atoms with Gasteiger partial charge >= 0.3 is 0 Å². The Hall–Kier alpha value is -2.78. The summed E-state index contributed by atoms with van der Waals surface area (Å²) >= 11 is 6.04. The van der Waals surface area contributed by atoms with Crippen molar-refractivity contribution < 1.29 is 9.18 Å². The van der Waals surface area contributed by atoms with Crippen molar-refractivity contribution in [3.8, 4) is 11.4 Å². The third-order valence-corrected chi connectivity index (χ3v) is 5.36. The second-order valence-electron chi connectivity index (χ2n) is 7.35. The molecule has 158 valence electrons. The highest BCUT2D eigenvalue weighted by molar-refractivity contribution is 6.31. The predicted octanol–water partition coefficient (Wildman–Crippen LogP) is 2.82. The Morgan fingerprint density at radius 3 is 2.93 bits per heavy atom. The Kier molecular flexibility index (Phi) is 6.10. The van der Waals surface area contributed by atoms with E-state index in [4.69, 9.17) is 11.6 Å². The number of nitrogens with one attached hydrogen (secondary N) is 3. The molecule has 8 nitrogen and oxygen atoms in total. The van der Waals surface area contributed by atoms with Crippen molar-refractivity contribution in [2.45, 2.75) is 25.8 Å². The molecule has 0 radical (unpaired) electrons. The molecule has 0 saturated carbocycles. The molecule has 0 spiro atoms. The van der Waals surface area contributed by atoms with Crippen molar-refractivity contribution in [3.05, 3.63) is 35.5 Å². The van der Waals surface area contributed by atoms with Gasteiger partial charge in [0.05, 0.1) is 11.2 Å². The molecule has 1 aliphatic heterocycles. The molecule has 30 heavy (non-hydrogen) atoms. The van der Waals surface area contributed by atoms with Gasteiger partial charge in [0.2, 0.25) is 5.91 Å². The van der Waals surface area contributed by atoms with Crippen LogP contribution in [0.1, 0.15) is 19.8 Å². The Morgan fingerprint density at radius 1 is 1.33 bits per heavy atom. The molecule has 1 aliphatic rings. The van der Waals surface area contributed by atoms with E-state index in [2.05, 4.69) is 35.5 Å². The highest BCUT2D eigenvalue weighted by Gasteiger charge is 2.18. The molecule has 1 saturated heterocycles. The number of nitrogens with zero attached hydrogens (tertiary/aromatic N) is 4. The fourth-order valence-corrected chi connectivity index (χ4v) is 3.69. The van der Waals surface area contributed by atoms with Crippen LogP contribution in [-0.4, -0.2) is 63.0 Å². The van der Waals surface area contributed by atoms with Crippen LogP contribution in [0.3, 0.4) is 0 Å². The molecule has 10 heteroatoms. The summed E-state index contributed by atoms with van der Waals surface area (Å²) in [7, 11) is 0. The monoisotopic (exact) mass is 431 g/mol.